The molecule has 0 spiro atoms. The van der Waals surface area contributed by atoms with E-state index < -0.39 is 0 Å². The molecule has 4 aromatic carbocycles. The van der Waals surface area contributed by atoms with E-state index in [9.17, 15) is 9.59 Å². The average molecular weight is 576 g/mol. The summed E-state index contributed by atoms with van der Waals surface area (Å²) < 4.78 is 5.42. The number of carbonyl (C=O) groups is 2. The van der Waals surface area contributed by atoms with Gasteiger partial charge in [0.25, 0.3) is 11.8 Å². The highest BCUT2D eigenvalue weighted by Gasteiger charge is 2.24. The Kier molecular flexibility index (Phi) is 10.6. The van der Waals surface area contributed by atoms with E-state index in [0.29, 0.717) is 42.5 Å². The summed E-state index contributed by atoms with van der Waals surface area (Å²) in [7, 11) is 0. The predicted molar refractivity (Wildman–Crippen MR) is 175 cm³/mol. The zero-order valence-corrected chi connectivity index (χ0v) is 24.9. The van der Waals surface area contributed by atoms with Crippen LogP contribution in [0.3, 0.4) is 0 Å². The second kappa shape index (κ2) is 15.2. The molecule has 43 heavy (non-hydrogen) atoms. The summed E-state index contributed by atoms with van der Waals surface area (Å²) in [4.78, 5) is 28.9. The van der Waals surface area contributed by atoms with Crippen molar-refractivity contribution in [3.05, 3.63) is 120 Å². The SMILES string of the molecule is CCOCCCNC(=O)c1cc(NC(=O)c2ccc(-c3ccccc3)cc2)ccc1N1CCC(Cc2ccccc2)CC1. The molecule has 4 aromatic rings. The Labute approximate surface area is 255 Å². The number of nitrogens with zero attached hydrogens (tertiary/aromatic N) is 1. The molecule has 0 aliphatic carbocycles. The summed E-state index contributed by atoms with van der Waals surface area (Å²) in [5, 5.41) is 6.06. The maximum absolute atomic E-state index is 13.4. The number of hydrogen-bond donors (Lipinski definition) is 2. The quantitative estimate of drug-likeness (QED) is 0.175. The summed E-state index contributed by atoms with van der Waals surface area (Å²) in [6.07, 6.45) is 3.97. The van der Waals surface area contributed by atoms with Crippen LogP contribution in [0.1, 0.15) is 52.5 Å². The number of rotatable bonds is 12. The van der Waals surface area contributed by atoms with Gasteiger partial charge >= 0.3 is 0 Å². The largest absolute Gasteiger partial charge is 0.382 e. The maximum atomic E-state index is 13.4. The fourth-order valence-corrected chi connectivity index (χ4v) is 5.66. The molecule has 1 heterocycles. The Morgan fingerprint density at radius 2 is 1.49 bits per heavy atom. The molecule has 0 bridgehead atoms. The Morgan fingerprint density at radius 1 is 0.814 bits per heavy atom. The lowest BCUT2D eigenvalue weighted by molar-refractivity contribution is 0.0943. The molecule has 222 valence electrons. The molecule has 1 aliphatic heterocycles. The Bertz CT molecular complexity index is 1460. The van der Waals surface area contributed by atoms with Crippen LogP contribution in [0.5, 0.6) is 0 Å². The minimum absolute atomic E-state index is 0.138. The fourth-order valence-electron chi connectivity index (χ4n) is 5.66. The van der Waals surface area contributed by atoms with Crippen LogP contribution in [0.4, 0.5) is 11.4 Å². The van der Waals surface area contributed by atoms with Crippen LogP contribution in [-0.4, -0.2) is 44.7 Å². The van der Waals surface area contributed by atoms with Crippen molar-refractivity contribution >= 4 is 23.2 Å². The normalized spacial score (nSPS) is 13.5. The first-order valence-electron chi connectivity index (χ1n) is 15.4. The molecule has 0 radical (unpaired) electrons. The highest BCUT2D eigenvalue weighted by atomic mass is 16.5. The van der Waals surface area contributed by atoms with Crippen molar-refractivity contribution in [3.8, 4) is 11.1 Å². The molecule has 1 fully saturated rings. The number of ether oxygens (including phenoxy) is 1. The van der Waals surface area contributed by atoms with Gasteiger partial charge in [0.2, 0.25) is 0 Å². The topological polar surface area (TPSA) is 70.7 Å². The summed E-state index contributed by atoms with van der Waals surface area (Å²) in [5.41, 5.74) is 6.18. The van der Waals surface area contributed by atoms with Gasteiger partial charge in [-0.15, -0.1) is 0 Å². The van der Waals surface area contributed by atoms with Crippen molar-refractivity contribution in [2.45, 2.75) is 32.6 Å². The zero-order valence-electron chi connectivity index (χ0n) is 24.9. The molecule has 1 aliphatic rings. The molecular weight excluding hydrogens is 534 g/mol. The van der Waals surface area contributed by atoms with Crippen molar-refractivity contribution in [2.24, 2.45) is 5.92 Å². The third-order valence-corrected chi connectivity index (χ3v) is 8.03. The van der Waals surface area contributed by atoms with Crippen molar-refractivity contribution in [3.63, 3.8) is 0 Å². The minimum atomic E-state index is -0.211. The first-order valence-corrected chi connectivity index (χ1v) is 15.4. The summed E-state index contributed by atoms with van der Waals surface area (Å²) in [6.45, 7) is 5.54. The predicted octanol–water partition coefficient (Wildman–Crippen LogP) is 7.22. The van der Waals surface area contributed by atoms with Crippen LogP contribution in [0.25, 0.3) is 11.1 Å². The van der Waals surface area contributed by atoms with Gasteiger partial charge in [-0.05, 0) is 85.5 Å². The van der Waals surface area contributed by atoms with Gasteiger partial charge in [0.15, 0.2) is 0 Å². The third kappa shape index (κ3) is 8.33. The van der Waals surface area contributed by atoms with E-state index in [-0.39, 0.29) is 11.8 Å². The van der Waals surface area contributed by atoms with Gasteiger partial charge in [-0.1, -0.05) is 72.8 Å². The standard InChI is InChI=1S/C37H41N3O3/c1-2-43-25-9-22-38-37(42)34-27-33(39-36(41)32-16-14-31(15-17-32)30-12-7-4-8-13-30)18-19-35(34)40-23-20-29(21-24-40)26-28-10-5-3-6-11-28/h3-8,10-19,27,29H,2,9,20-26H2,1H3,(H,38,42)(H,39,41). The van der Waals surface area contributed by atoms with Crippen LogP contribution in [0.2, 0.25) is 0 Å². The van der Waals surface area contributed by atoms with Gasteiger partial charge in [-0.2, -0.15) is 0 Å². The third-order valence-electron chi connectivity index (χ3n) is 8.03. The molecular formula is C37H41N3O3. The average Bonchev–Trinajstić information content (AvgIpc) is 3.06. The smallest absolute Gasteiger partial charge is 0.255 e. The van der Waals surface area contributed by atoms with Crippen LogP contribution in [-0.2, 0) is 11.2 Å². The van der Waals surface area contributed by atoms with Crippen LogP contribution >= 0.6 is 0 Å². The van der Waals surface area contributed by atoms with E-state index in [1.54, 1.807) is 6.07 Å². The second-order valence-corrected chi connectivity index (χ2v) is 11.1. The molecule has 1 saturated heterocycles. The van der Waals surface area contributed by atoms with E-state index >= 15 is 0 Å². The number of nitrogens with one attached hydrogen (secondary N) is 2. The van der Waals surface area contributed by atoms with Gasteiger partial charge in [-0.25, -0.2) is 0 Å². The first-order chi connectivity index (χ1) is 21.1. The van der Waals surface area contributed by atoms with E-state index in [0.717, 1.165) is 55.6 Å². The molecule has 0 unspecified atom stereocenters. The van der Waals surface area contributed by atoms with Crippen LogP contribution in [0.15, 0.2) is 103 Å². The van der Waals surface area contributed by atoms with Crippen molar-refractivity contribution in [1.29, 1.82) is 0 Å². The first kappa shape index (κ1) is 30.1. The highest BCUT2D eigenvalue weighted by molar-refractivity contribution is 6.06. The molecule has 6 nitrogen and oxygen atoms in total. The number of carbonyl (C=O) groups excluding carboxylic acids is 2. The maximum Gasteiger partial charge on any atom is 0.255 e. The highest BCUT2D eigenvalue weighted by Crippen LogP contribution is 2.30. The molecule has 0 aromatic heterocycles. The summed E-state index contributed by atoms with van der Waals surface area (Å²) in [6, 6.07) is 34.0. The molecule has 6 heteroatoms. The number of piperidine rings is 1. The lowest BCUT2D eigenvalue weighted by Gasteiger charge is -2.35. The van der Waals surface area contributed by atoms with E-state index in [2.05, 4.69) is 45.9 Å². The van der Waals surface area contributed by atoms with Gasteiger partial charge in [0.1, 0.15) is 0 Å². The Balaban J connectivity index is 1.28. The van der Waals surface area contributed by atoms with E-state index in [1.165, 1.54) is 5.56 Å². The van der Waals surface area contributed by atoms with Gasteiger partial charge in [0.05, 0.1) is 5.56 Å². The van der Waals surface area contributed by atoms with Crippen LogP contribution in [0, 0.1) is 5.92 Å². The molecule has 0 saturated carbocycles. The van der Waals surface area contributed by atoms with Crippen LogP contribution < -0.4 is 15.5 Å². The molecule has 2 amide bonds. The number of anilines is 2. The lowest BCUT2D eigenvalue weighted by atomic mass is 9.89. The van der Waals surface area contributed by atoms with E-state index in [1.807, 2.05) is 73.7 Å². The summed E-state index contributed by atoms with van der Waals surface area (Å²) >= 11 is 0. The Morgan fingerprint density at radius 3 is 2.19 bits per heavy atom. The molecule has 2 N–H and O–H groups in total. The minimum Gasteiger partial charge on any atom is -0.382 e. The van der Waals surface area contributed by atoms with Crippen molar-refractivity contribution in [2.75, 3.05) is 43.1 Å². The second-order valence-electron chi connectivity index (χ2n) is 11.1. The molecule has 0 atom stereocenters. The Hall–Kier alpha value is -4.42. The number of hydrogen-bond acceptors (Lipinski definition) is 4. The van der Waals surface area contributed by atoms with Crippen molar-refractivity contribution in [1.82, 2.24) is 5.32 Å². The molecule has 5 rings (SSSR count). The summed E-state index contributed by atoms with van der Waals surface area (Å²) in [5.74, 6) is 0.278. The number of amides is 2. The lowest BCUT2D eigenvalue weighted by Crippen LogP contribution is -2.36. The monoisotopic (exact) mass is 575 g/mol. The van der Waals surface area contributed by atoms with Gasteiger partial charge in [0, 0.05) is 49.8 Å². The van der Waals surface area contributed by atoms with E-state index in [4.69, 9.17) is 4.74 Å². The van der Waals surface area contributed by atoms with Gasteiger partial charge < -0.3 is 20.3 Å². The number of benzene rings is 4. The van der Waals surface area contributed by atoms with Gasteiger partial charge in [-0.3, -0.25) is 9.59 Å². The van der Waals surface area contributed by atoms with Crippen molar-refractivity contribution < 1.29 is 14.3 Å². The fraction of sp³-hybridized carbons (Fsp3) is 0.297. The zero-order chi connectivity index (χ0) is 29.9.